The molecule has 0 radical (unpaired) electrons. The van der Waals surface area contributed by atoms with Gasteiger partial charge in [0.15, 0.2) is 0 Å². The summed E-state index contributed by atoms with van der Waals surface area (Å²) in [4.78, 5) is 12.4. The summed E-state index contributed by atoms with van der Waals surface area (Å²) < 4.78 is 33.6. The maximum absolute atomic E-state index is 12.6. The molecule has 0 unspecified atom stereocenters. The third-order valence-electron chi connectivity index (χ3n) is 4.79. The van der Waals surface area contributed by atoms with Crippen LogP contribution in [0.3, 0.4) is 0 Å². The summed E-state index contributed by atoms with van der Waals surface area (Å²) in [5.74, 6) is 0.309. The number of carbonyl (C=O) groups is 1. The number of para-hydroxylation sites is 1. The SMILES string of the molecule is O=C(CNc1ccn(-c2ccccc2)n1)Nc1ccc(S(=O)(=O)N2CCOCC2)cc1. The molecule has 1 amide bonds. The van der Waals surface area contributed by atoms with Crippen molar-refractivity contribution in [3.63, 3.8) is 0 Å². The fraction of sp³-hybridized carbons (Fsp3) is 0.238. The summed E-state index contributed by atoms with van der Waals surface area (Å²) in [7, 11) is -3.56. The molecule has 1 aliphatic rings. The van der Waals surface area contributed by atoms with E-state index in [2.05, 4.69) is 15.7 Å². The van der Waals surface area contributed by atoms with Crippen molar-refractivity contribution in [2.24, 2.45) is 0 Å². The number of rotatable bonds is 7. The molecule has 9 nitrogen and oxygen atoms in total. The highest BCUT2D eigenvalue weighted by atomic mass is 32.2. The third kappa shape index (κ3) is 5.10. The predicted octanol–water partition coefficient (Wildman–Crippen LogP) is 1.94. The molecule has 0 saturated carbocycles. The van der Waals surface area contributed by atoms with Crippen LogP contribution in [-0.2, 0) is 19.6 Å². The maximum Gasteiger partial charge on any atom is 0.243 e. The highest BCUT2D eigenvalue weighted by Gasteiger charge is 2.26. The number of ether oxygens (including phenoxy) is 1. The Balaban J connectivity index is 1.31. The molecule has 0 spiro atoms. The Morgan fingerprint density at radius 2 is 1.71 bits per heavy atom. The Morgan fingerprint density at radius 3 is 2.42 bits per heavy atom. The van der Waals surface area contributed by atoms with Gasteiger partial charge < -0.3 is 15.4 Å². The molecule has 31 heavy (non-hydrogen) atoms. The van der Waals surface area contributed by atoms with Gasteiger partial charge in [-0.15, -0.1) is 0 Å². The average molecular weight is 442 g/mol. The number of nitrogens with one attached hydrogen (secondary N) is 2. The van der Waals surface area contributed by atoms with Gasteiger partial charge >= 0.3 is 0 Å². The largest absolute Gasteiger partial charge is 0.379 e. The number of amides is 1. The summed E-state index contributed by atoms with van der Waals surface area (Å²) in [6.07, 6.45) is 1.81. The molecular weight excluding hydrogens is 418 g/mol. The van der Waals surface area contributed by atoms with Crippen LogP contribution in [0.5, 0.6) is 0 Å². The van der Waals surface area contributed by atoms with Gasteiger partial charge in [0.05, 0.1) is 30.3 Å². The van der Waals surface area contributed by atoms with Crippen molar-refractivity contribution >= 4 is 27.4 Å². The molecule has 0 aliphatic carbocycles. The summed E-state index contributed by atoms with van der Waals surface area (Å²) in [5, 5.41) is 10.1. The second-order valence-electron chi connectivity index (χ2n) is 6.92. The second kappa shape index (κ2) is 9.29. The van der Waals surface area contributed by atoms with Crippen LogP contribution in [0.25, 0.3) is 5.69 Å². The van der Waals surface area contributed by atoms with E-state index < -0.39 is 10.0 Å². The van der Waals surface area contributed by atoms with Crippen molar-refractivity contribution < 1.29 is 17.9 Å². The molecule has 0 bridgehead atoms. The Bertz CT molecular complexity index is 1120. The van der Waals surface area contributed by atoms with E-state index in [0.717, 1.165) is 5.69 Å². The molecule has 2 aromatic carbocycles. The fourth-order valence-electron chi connectivity index (χ4n) is 3.17. The van der Waals surface area contributed by atoms with Gasteiger partial charge in [-0.05, 0) is 36.4 Å². The second-order valence-corrected chi connectivity index (χ2v) is 8.86. The van der Waals surface area contributed by atoms with E-state index in [4.69, 9.17) is 4.74 Å². The summed E-state index contributed by atoms with van der Waals surface area (Å²) in [5.41, 5.74) is 1.44. The van der Waals surface area contributed by atoms with Crippen LogP contribution in [0.2, 0.25) is 0 Å². The van der Waals surface area contributed by atoms with Crippen LogP contribution >= 0.6 is 0 Å². The van der Waals surface area contributed by atoms with E-state index in [1.54, 1.807) is 22.9 Å². The van der Waals surface area contributed by atoms with E-state index >= 15 is 0 Å². The molecule has 4 rings (SSSR count). The van der Waals surface area contributed by atoms with Gasteiger partial charge in [-0.1, -0.05) is 18.2 Å². The number of benzene rings is 2. The van der Waals surface area contributed by atoms with Crippen molar-refractivity contribution in [2.75, 3.05) is 43.5 Å². The highest BCUT2D eigenvalue weighted by molar-refractivity contribution is 7.89. The minimum atomic E-state index is -3.56. The van der Waals surface area contributed by atoms with Crippen LogP contribution in [0.1, 0.15) is 0 Å². The Labute approximate surface area is 180 Å². The zero-order valence-electron chi connectivity index (χ0n) is 16.8. The van der Waals surface area contributed by atoms with Gasteiger partial charge in [-0.25, -0.2) is 13.1 Å². The topological polar surface area (TPSA) is 106 Å². The number of hydrogen-bond donors (Lipinski definition) is 2. The van der Waals surface area contributed by atoms with Gasteiger partial charge in [0.25, 0.3) is 0 Å². The zero-order valence-corrected chi connectivity index (χ0v) is 17.6. The van der Waals surface area contributed by atoms with Gasteiger partial charge in [0.1, 0.15) is 5.82 Å². The first kappa shape index (κ1) is 21.0. The number of aromatic nitrogens is 2. The highest BCUT2D eigenvalue weighted by Crippen LogP contribution is 2.19. The zero-order chi connectivity index (χ0) is 21.7. The molecule has 0 atom stereocenters. The molecule has 1 fully saturated rings. The Kier molecular flexibility index (Phi) is 6.31. The lowest BCUT2D eigenvalue weighted by atomic mass is 10.3. The molecule has 1 aromatic heterocycles. The molecule has 2 heterocycles. The summed E-state index contributed by atoms with van der Waals surface area (Å²) >= 11 is 0. The third-order valence-corrected chi connectivity index (χ3v) is 6.70. The van der Waals surface area contributed by atoms with E-state index in [1.807, 2.05) is 36.5 Å². The maximum atomic E-state index is 12.6. The number of anilines is 2. The van der Waals surface area contributed by atoms with Crippen molar-refractivity contribution in [3.05, 3.63) is 66.9 Å². The van der Waals surface area contributed by atoms with Gasteiger partial charge in [-0.2, -0.15) is 9.40 Å². The number of morpholine rings is 1. The van der Waals surface area contributed by atoms with Crippen LogP contribution < -0.4 is 10.6 Å². The molecular formula is C21H23N5O4S. The number of nitrogens with zero attached hydrogens (tertiary/aromatic N) is 3. The van der Waals surface area contributed by atoms with E-state index in [1.165, 1.54) is 16.4 Å². The molecule has 10 heteroatoms. The van der Waals surface area contributed by atoms with E-state index in [0.29, 0.717) is 37.8 Å². The van der Waals surface area contributed by atoms with Gasteiger partial charge in [0.2, 0.25) is 15.9 Å². The molecule has 162 valence electrons. The molecule has 1 saturated heterocycles. The Hall–Kier alpha value is -3.21. The first-order valence-electron chi connectivity index (χ1n) is 9.85. The first-order valence-corrected chi connectivity index (χ1v) is 11.3. The van der Waals surface area contributed by atoms with Crippen LogP contribution in [0.15, 0.2) is 71.8 Å². The van der Waals surface area contributed by atoms with Crippen LogP contribution in [0.4, 0.5) is 11.5 Å². The molecule has 1 aliphatic heterocycles. The van der Waals surface area contributed by atoms with Crippen molar-refractivity contribution in [1.29, 1.82) is 0 Å². The smallest absolute Gasteiger partial charge is 0.243 e. The molecule has 3 aromatic rings. The molecule has 2 N–H and O–H groups in total. The normalized spacial score (nSPS) is 14.8. The minimum Gasteiger partial charge on any atom is -0.379 e. The van der Waals surface area contributed by atoms with Crippen molar-refractivity contribution in [3.8, 4) is 5.69 Å². The number of sulfonamides is 1. The van der Waals surface area contributed by atoms with Crippen molar-refractivity contribution in [1.82, 2.24) is 14.1 Å². The van der Waals surface area contributed by atoms with Crippen LogP contribution in [-0.4, -0.2) is 61.3 Å². The fourth-order valence-corrected chi connectivity index (χ4v) is 4.57. The lowest BCUT2D eigenvalue weighted by Crippen LogP contribution is -2.40. The van der Waals surface area contributed by atoms with E-state index in [-0.39, 0.29) is 17.3 Å². The average Bonchev–Trinajstić information content (AvgIpc) is 3.28. The minimum absolute atomic E-state index is 0.0274. The Morgan fingerprint density at radius 1 is 1.00 bits per heavy atom. The first-order chi connectivity index (χ1) is 15.0. The van der Waals surface area contributed by atoms with Crippen LogP contribution in [0, 0.1) is 0 Å². The lowest BCUT2D eigenvalue weighted by molar-refractivity contribution is -0.114. The number of hydrogen-bond acceptors (Lipinski definition) is 6. The quantitative estimate of drug-likeness (QED) is 0.581. The predicted molar refractivity (Wildman–Crippen MR) is 117 cm³/mol. The lowest BCUT2D eigenvalue weighted by Gasteiger charge is -2.26. The van der Waals surface area contributed by atoms with Crippen molar-refractivity contribution in [2.45, 2.75) is 4.90 Å². The summed E-state index contributed by atoms with van der Waals surface area (Å²) in [6, 6.07) is 17.6. The number of carbonyl (C=O) groups excluding carboxylic acids is 1. The monoisotopic (exact) mass is 441 g/mol. The standard InChI is InChI=1S/C21H23N5O4S/c27-21(16-22-20-10-11-26(24-20)18-4-2-1-3-5-18)23-17-6-8-19(9-7-17)31(28,29)25-12-14-30-15-13-25/h1-11H,12-16H2,(H,22,24)(H,23,27). The van der Waals surface area contributed by atoms with Gasteiger partial charge in [-0.3, -0.25) is 4.79 Å². The van der Waals surface area contributed by atoms with Gasteiger partial charge in [0, 0.05) is 31.0 Å². The summed E-state index contributed by atoms with van der Waals surface area (Å²) in [6.45, 7) is 1.49. The van der Waals surface area contributed by atoms with E-state index in [9.17, 15) is 13.2 Å².